The maximum Gasteiger partial charge on any atom is 0.309 e. The lowest BCUT2D eigenvalue weighted by atomic mass is 9.67. The third kappa shape index (κ3) is 1.49. The molecule has 0 spiro atoms. The normalized spacial score (nSPS) is 52.6. The molecule has 0 radical (unpaired) electrons. The molecular formula is C15H20O4. The van der Waals surface area contributed by atoms with Crippen LogP contribution in [0.3, 0.4) is 0 Å². The number of ketones is 1. The van der Waals surface area contributed by atoms with Gasteiger partial charge in [0.2, 0.25) is 0 Å². The van der Waals surface area contributed by atoms with Gasteiger partial charge in [0, 0.05) is 5.92 Å². The topological polar surface area (TPSA) is 63.6 Å². The molecule has 0 unspecified atom stereocenters. The summed E-state index contributed by atoms with van der Waals surface area (Å²) in [5.41, 5.74) is -0.804. The number of aliphatic hydroxyl groups is 1. The van der Waals surface area contributed by atoms with E-state index < -0.39 is 11.5 Å². The number of hydrogen-bond acceptors (Lipinski definition) is 4. The van der Waals surface area contributed by atoms with E-state index in [4.69, 9.17) is 4.74 Å². The minimum absolute atomic E-state index is 0.0240. The van der Waals surface area contributed by atoms with Gasteiger partial charge in [-0.2, -0.15) is 0 Å². The van der Waals surface area contributed by atoms with Crippen molar-refractivity contribution in [2.45, 2.75) is 39.4 Å². The number of aliphatic hydroxyl groups excluding tert-OH is 1. The fraction of sp³-hybridized carbons (Fsp3) is 0.733. The van der Waals surface area contributed by atoms with Crippen LogP contribution in [-0.4, -0.2) is 29.1 Å². The Bertz CT molecular complexity index is 469. The van der Waals surface area contributed by atoms with Gasteiger partial charge >= 0.3 is 5.97 Å². The molecule has 2 fully saturated rings. The molecule has 3 aliphatic rings. The van der Waals surface area contributed by atoms with Crippen molar-refractivity contribution in [1.82, 2.24) is 0 Å². The standard InChI is InChI=1S/C15H20O4/c1-7-6-10-12(8(2)14(18)19-10)13(17)15(3)9(7)4-5-11(15)16/h4-5,7-10,12-13,17H,6H2,1-3H3/t7-,8-,9-,10+,12-,13-,15+/m1/s1. The Morgan fingerprint density at radius 3 is 2.74 bits per heavy atom. The highest BCUT2D eigenvalue weighted by Crippen LogP contribution is 2.53. The predicted molar refractivity (Wildman–Crippen MR) is 68.1 cm³/mol. The molecule has 4 heteroatoms. The van der Waals surface area contributed by atoms with E-state index in [0.717, 1.165) is 6.42 Å². The van der Waals surface area contributed by atoms with Crippen molar-refractivity contribution in [3.05, 3.63) is 12.2 Å². The summed E-state index contributed by atoms with van der Waals surface area (Å²) < 4.78 is 5.41. The van der Waals surface area contributed by atoms with Crippen LogP contribution in [0.25, 0.3) is 0 Å². The summed E-state index contributed by atoms with van der Waals surface area (Å²) in [6.07, 6.45) is 3.15. The van der Waals surface area contributed by atoms with Crippen LogP contribution in [0.4, 0.5) is 0 Å². The van der Waals surface area contributed by atoms with Crippen molar-refractivity contribution in [3.8, 4) is 0 Å². The second kappa shape index (κ2) is 3.92. The first-order valence-corrected chi connectivity index (χ1v) is 6.98. The summed E-state index contributed by atoms with van der Waals surface area (Å²) in [4.78, 5) is 24.0. The molecule has 1 aliphatic heterocycles. The summed E-state index contributed by atoms with van der Waals surface area (Å²) in [6, 6.07) is 0. The molecule has 2 aliphatic carbocycles. The SMILES string of the molecule is C[C@@H]1C[C@@H]2OC(=O)[C@H](C)[C@H]2[C@@H](O)[C@]2(C)C(=O)C=C[C@H]12. The molecule has 0 amide bonds. The number of hydrogen-bond donors (Lipinski definition) is 1. The van der Waals surface area contributed by atoms with Crippen LogP contribution in [0.2, 0.25) is 0 Å². The van der Waals surface area contributed by atoms with Crippen molar-refractivity contribution < 1.29 is 19.4 Å². The number of allylic oxidation sites excluding steroid dienone is 2. The Balaban J connectivity index is 2.06. The van der Waals surface area contributed by atoms with Gasteiger partial charge in [0.25, 0.3) is 0 Å². The van der Waals surface area contributed by atoms with E-state index in [1.807, 2.05) is 13.0 Å². The third-order valence-corrected chi connectivity index (χ3v) is 5.52. The van der Waals surface area contributed by atoms with Crippen molar-refractivity contribution >= 4 is 11.8 Å². The zero-order valence-corrected chi connectivity index (χ0v) is 11.5. The summed E-state index contributed by atoms with van der Waals surface area (Å²) >= 11 is 0. The molecule has 1 heterocycles. The Labute approximate surface area is 112 Å². The fourth-order valence-corrected chi connectivity index (χ4v) is 4.27. The monoisotopic (exact) mass is 264 g/mol. The van der Waals surface area contributed by atoms with Crippen LogP contribution in [0.1, 0.15) is 27.2 Å². The maximum atomic E-state index is 12.2. The van der Waals surface area contributed by atoms with Crippen molar-refractivity contribution in [2.24, 2.45) is 29.1 Å². The van der Waals surface area contributed by atoms with Gasteiger partial charge < -0.3 is 9.84 Å². The summed E-state index contributed by atoms with van der Waals surface area (Å²) in [5.74, 6) is -0.627. The van der Waals surface area contributed by atoms with Gasteiger partial charge in [0.1, 0.15) is 6.10 Å². The number of esters is 1. The smallest absolute Gasteiger partial charge is 0.309 e. The van der Waals surface area contributed by atoms with Crippen LogP contribution in [-0.2, 0) is 14.3 Å². The van der Waals surface area contributed by atoms with Gasteiger partial charge in [0.05, 0.1) is 17.4 Å². The van der Waals surface area contributed by atoms with E-state index in [2.05, 4.69) is 6.92 Å². The van der Waals surface area contributed by atoms with E-state index in [0.29, 0.717) is 0 Å². The molecule has 19 heavy (non-hydrogen) atoms. The van der Waals surface area contributed by atoms with Gasteiger partial charge in [-0.3, -0.25) is 9.59 Å². The van der Waals surface area contributed by atoms with Crippen LogP contribution in [0.15, 0.2) is 12.2 Å². The summed E-state index contributed by atoms with van der Waals surface area (Å²) in [7, 11) is 0. The van der Waals surface area contributed by atoms with Gasteiger partial charge in [-0.25, -0.2) is 0 Å². The number of rotatable bonds is 0. The molecule has 0 bridgehead atoms. The highest BCUT2D eigenvalue weighted by Gasteiger charge is 2.60. The van der Waals surface area contributed by atoms with Gasteiger partial charge in [-0.1, -0.05) is 19.9 Å². The van der Waals surface area contributed by atoms with Crippen molar-refractivity contribution in [3.63, 3.8) is 0 Å². The maximum absolute atomic E-state index is 12.2. The molecule has 4 nitrogen and oxygen atoms in total. The minimum Gasteiger partial charge on any atom is -0.462 e. The number of fused-ring (bicyclic) bond motifs is 2. The second-order valence-electron chi connectivity index (χ2n) is 6.53. The molecule has 104 valence electrons. The molecular weight excluding hydrogens is 244 g/mol. The largest absolute Gasteiger partial charge is 0.462 e. The Hall–Kier alpha value is -1.16. The molecule has 0 aromatic rings. The summed E-state index contributed by atoms with van der Waals surface area (Å²) in [5, 5.41) is 10.8. The molecule has 1 N–H and O–H groups in total. The first kappa shape index (κ1) is 12.9. The van der Waals surface area contributed by atoms with Crippen LogP contribution in [0.5, 0.6) is 0 Å². The predicted octanol–water partition coefficient (Wildman–Crippen LogP) is 1.33. The first-order chi connectivity index (χ1) is 8.87. The van der Waals surface area contributed by atoms with Crippen LogP contribution >= 0.6 is 0 Å². The van der Waals surface area contributed by atoms with Crippen molar-refractivity contribution in [1.29, 1.82) is 0 Å². The number of carbonyl (C=O) groups excluding carboxylic acids is 2. The highest BCUT2D eigenvalue weighted by molar-refractivity contribution is 5.98. The fourth-order valence-electron chi connectivity index (χ4n) is 4.27. The molecule has 1 saturated carbocycles. The zero-order chi connectivity index (χ0) is 13.9. The Kier molecular flexibility index (Phi) is 2.65. The Morgan fingerprint density at radius 1 is 1.37 bits per heavy atom. The summed E-state index contributed by atoms with van der Waals surface area (Å²) in [6.45, 7) is 5.69. The first-order valence-electron chi connectivity index (χ1n) is 6.98. The lowest BCUT2D eigenvalue weighted by molar-refractivity contribution is -0.144. The average Bonchev–Trinajstić information content (AvgIpc) is 2.77. The second-order valence-corrected chi connectivity index (χ2v) is 6.53. The van der Waals surface area contributed by atoms with Crippen LogP contribution in [0, 0.1) is 29.1 Å². The Morgan fingerprint density at radius 2 is 2.05 bits per heavy atom. The molecule has 0 aromatic heterocycles. The lowest BCUT2D eigenvalue weighted by Crippen LogP contribution is -2.47. The minimum atomic E-state index is -0.823. The zero-order valence-electron chi connectivity index (χ0n) is 11.5. The molecule has 7 atom stereocenters. The van der Waals surface area contributed by atoms with Gasteiger partial charge in [0.15, 0.2) is 5.78 Å². The van der Waals surface area contributed by atoms with E-state index in [1.165, 1.54) is 0 Å². The van der Waals surface area contributed by atoms with Crippen LogP contribution < -0.4 is 0 Å². The molecule has 0 aromatic carbocycles. The van der Waals surface area contributed by atoms with Gasteiger partial charge in [-0.05, 0) is 31.3 Å². The average molecular weight is 264 g/mol. The van der Waals surface area contributed by atoms with E-state index >= 15 is 0 Å². The van der Waals surface area contributed by atoms with E-state index in [9.17, 15) is 14.7 Å². The number of ether oxygens (including phenoxy) is 1. The molecule has 1 saturated heterocycles. The lowest BCUT2D eigenvalue weighted by Gasteiger charge is -2.37. The van der Waals surface area contributed by atoms with Crippen molar-refractivity contribution in [2.75, 3.05) is 0 Å². The van der Waals surface area contributed by atoms with Gasteiger partial charge in [-0.15, -0.1) is 0 Å². The van der Waals surface area contributed by atoms with E-state index in [-0.39, 0.29) is 41.5 Å². The number of carbonyl (C=O) groups is 2. The third-order valence-electron chi connectivity index (χ3n) is 5.52. The highest BCUT2D eigenvalue weighted by atomic mass is 16.6. The molecule has 3 rings (SSSR count). The quantitative estimate of drug-likeness (QED) is 0.670. The van der Waals surface area contributed by atoms with E-state index in [1.54, 1.807) is 13.0 Å².